The van der Waals surface area contributed by atoms with Gasteiger partial charge in [-0.3, -0.25) is 4.79 Å². The molecule has 1 atom stereocenters. The van der Waals surface area contributed by atoms with Crippen LogP contribution in [0.4, 0.5) is 5.69 Å². The van der Waals surface area contributed by atoms with Gasteiger partial charge in [0.05, 0.1) is 12.2 Å². The first-order valence-corrected chi connectivity index (χ1v) is 10.4. The molecule has 1 amide bonds. The quantitative estimate of drug-likeness (QED) is 0.508. The summed E-state index contributed by atoms with van der Waals surface area (Å²) < 4.78 is 11.2. The van der Waals surface area contributed by atoms with Gasteiger partial charge < -0.3 is 14.8 Å². The summed E-state index contributed by atoms with van der Waals surface area (Å²) in [4.78, 5) is 24.5. The van der Waals surface area contributed by atoms with Gasteiger partial charge in [0.25, 0.3) is 5.91 Å². The van der Waals surface area contributed by atoms with Gasteiger partial charge in [-0.25, -0.2) is 4.79 Å². The molecule has 2 aromatic rings. The summed E-state index contributed by atoms with van der Waals surface area (Å²) >= 11 is 0. The molecule has 0 heterocycles. The molecular weight excluding hydrogens is 366 g/mol. The Hall–Kier alpha value is -2.82. The average Bonchev–Trinajstić information content (AvgIpc) is 2.74. The Labute approximate surface area is 172 Å². The minimum absolute atomic E-state index is 0.225. The van der Waals surface area contributed by atoms with Crippen LogP contribution in [0.1, 0.15) is 61.0 Å². The first-order valence-electron chi connectivity index (χ1n) is 10.4. The number of benzene rings is 2. The van der Waals surface area contributed by atoms with E-state index in [0.717, 1.165) is 37.9 Å². The van der Waals surface area contributed by atoms with Crippen molar-refractivity contribution in [3.63, 3.8) is 0 Å². The van der Waals surface area contributed by atoms with Crippen molar-refractivity contribution in [2.24, 2.45) is 0 Å². The van der Waals surface area contributed by atoms with Gasteiger partial charge in [0.15, 0.2) is 6.10 Å². The Balaban J connectivity index is 1.57. The Kier molecular flexibility index (Phi) is 7.28. The van der Waals surface area contributed by atoms with Crippen molar-refractivity contribution in [3.8, 4) is 5.75 Å². The van der Waals surface area contributed by atoms with E-state index in [0.29, 0.717) is 17.9 Å². The molecule has 1 N–H and O–H groups in total. The number of rotatable bonds is 8. The number of aryl methyl sites for hydroxylation is 1. The number of carbonyl (C=O) groups excluding carboxylic acids is 2. The lowest BCUT2D eigenvalue weighted by molar-refractivity contribution is -0.122. The molecule has 0 unspecified atom stereocenters. The molecule has 2 aromatic carbocycles. The fourth-order valence-electron chi connectivity index (χ4n) is 3.43. The van der Waals surface area contributed by atoms with E-state index in [1.165, 1.54) is 17.5 Å². The number of fused-ring (bicyclic) bond motifs is 1. The molecule has 5 nitrogen and oxygen atoms in total. The van der Waals surface area contributed by atoms with Crippen LogP contribution in [0.3, 0.4) is 0 Å². The lowest BCUT2D eigenvalue weighted by Gasteiger charge is -2.22. The number of anilines is 1. The second-order valence-corrected chi connectivity index (χ2v) is 7.42. The summed E-state index contributed by atoms with van der Waals surface area (Å²) in [6, 6.07) is 12.8. The molecule has 0 bridgehead atoms. The number of carbonyl (C=O) groups is 2. The van der Waals surface area contributed by atoms with Crippen molar-refractivity contribution in [2.45, 2.75) is 58.5 Å². The minimum atomic E-state index is -0.623. The molecular formula is C24H29NO4. The number of esters is 1. The van der Waals surface area contributed by atoms with Gasteiger partial charge in [-0.15, -0.1) is 0 Å². The monoisotopic (exact) mass is 395 g/mol. The number of hydrogen-bond donors (Lipinski definition) is 1. The zero-order valence-electron chi connectivity index (χ0n) is 17.2. The SMILES string of the molecule is CCCCOC(=O)c1ccc(NC(=O)[C@@H](C)Oc2cccc3c2CCCC3)cc1. The number of hydrogen-bond acceptors (Lipinski definition) is 4. The summed E-state index contributed by atoms with van der Waals surface area (Å²) in [6.45, 7) is 4.21. The normalized spacial score (nSPS) is 13.9. The first-order chi connectivity index (χ1) is 14.1. The summed E-state index contributed by atoms with van der Waals surface area (Å²) in [5.74, 6) is 0.230. The topological polar surface area (TPSA) is 64.6 Å². The van der Waals surface area contributed by atoms with Gasteiger partial charge in [0, 0.05) is 5.69 Å². The highest BCUT2D eigenvalue weighted by Crippen LogP contribution is 2.30. The van der Waals surface area contributed by atoms with Crippen molar-refractivity contribution < 1.29 is 19.1 Å². The fraction of sp³-hybridized carbons (Fsp3) is 0.417. The number of unbranched alkanes of at least 4 members (excludes halogenated alkanes) is 1. The maximum Gasteiger partial charge on any atom is 0.338 e. The van der Waals surface area contributed by atoms with Gasteiger partial charge in [-0.2, -0.15) is 0 Å². The third-order valence-corrected chi connectivity index (χ3v) is 5.15. The van der Waals surface area contributed by atoms with Crippen LogP contribution in [-0.2, 0) is 22.4 Å². The van der Waals surface area contributed by atoms with Crippen molar-refractivity contribution in [1.82, 2.24) is 0 Å². The van der Waals surface area contributed by atoms with Crippen molar-refractivity contribution in [1.29, 1.82) is 0 Å². The van der Waals surface area contributed by atoms with E-state index in [1.54, 1.807) is 31.2 Å². The predicted molar refractivity (Wildman–Crippen MR) is 113 cm³/mol. The van der Waals surface area contributed by atoms with Crippen LogP contribution in [0.15, 0.2) is 42.5 Å². The second kappa shape index (κ2) is 10.1. The van der Waals surface area contributed by atoms with Crippen molar-refractivity contribution >= 4 is 17.6 Å². The molecule has 3 rings (SSSR count). The standard InChI is InChI=1S/C24H29NO4/c1-3-4-16-28-24(27)19-12-14-20(15-13-19)25-23(26)17(2)29-22-11-7-9-18-8-5-6-10-21(18)22/h7,9,11-15,17H,3-6,8,10,16H2,1-2H3,(H,25,26)/t17-/m1/s1. The summed E-state index contributed by atoms with van der Waals surface area (Å²) in [7, 11) is 0. The van der Waals surface area contributed by atoms with E-state index in [2.05, 4.69) is 11.4 Å². The molecule has 0 saturated carbocycles. The Morgan fingerprint density at radius 1 is 1.07 bits per heavy atom. The highest BCUT2D eigenvalue weighted by Gasteiger charge is 2.19. The average molecular weight is 395 g/mol. The van der Waals surface area contributed by atoms with E-state index in [4.69, 9.17) is 9.47 Å². The molecule has 0 fully saturated rings. The van der Waals surface area contributed by atoms with E-state index in [1.807, 2.05) is 19.1 Å². The van der Waals surface area contributed by atoms with Crippen LogP contribution in [0, 0.1) is 0 Å². The van der Waals surface area contributed by atoms with Crippen molar-refractivity contribution in [2.75, 3.05) is 11.9 Å². The Morgan fingerprint density at radius 3 is 2.59 bits per heavy atom. The van der Waals surface area contributed by atoms with E-state index in [9.17, 15) is 9.59 Å². The fourth-order valence-corrected chi connectivity index (χ4v) is 3.43. The van der Waals surface area contributed by atoms with Crippen LogP contribution in [0.25, 0.3) is 0 Å². The lowest BCUT2D eigenvalue weighted by Crippen LogP contribution is -2.30. The van der Waals surface area contributed by atoms with E-state index >= 15 is 0 Å². The van der Waals surface area contributed by atoms with Crippen LogP contribution in [-0.4, -0.2) is 24.6 Å². The largest absolute Gasteiger partial charge is 0.481 e. The smallest absolute Gasteiger partial charge is 0.338 e. The Bertz CT molecular complexity index is 844. The van der Waals surface area contributed by atoms with Crippen molar-refractivity contribution in [3.05, 3.63) is 59.2 Å². The zero-order chi connectivity index (χ0) is 20.6. The Morgan fingerprint density at radius 2 is 1.83 bits per heavy atom. The summed E-state index contributed by atoms with van der Waals surface area (Å²) in [5.41, 5.74) is 3.64. The van der Waals surface area contributed by atoms with Gasteiger partial charge >= 0.3 is 5.97 Å². The molecule has 154 valence electrons. The molecule has 1 aliphatic rings. The maximum atomic E-state index is 12.6. The highest BCUT2D eigenvalue weighted by atomic mass is 16.5. The van der Waals surface area contributed by atoms with Gasteiger partial charge in [0.2, 0.25) is 0 Å². The number of ether oxygens (including phenoxy) is 2. The predicted octanol–water partition coefficient (Wildman–Crippen LogP) is 4.93. The first kappa shape index (κ1) is 20.9. The molecule has 1 aliphatic carbocycles. The second-order valence-electron chi connectivity index (χ2n) is 7.42. The van der Waals surface area contributed by atoms with Gasteiger partial charge in [-0.05, 0) is 80.5 Å². The van der Waals surface area contributed by atoms with Crippen LogP contribution in [0.5, 0.6) is 5.75 Å². The molecule has 5 heteroatoms. The zero-order valence-corrected chi connectivity index (χ0v) is 17.2. The third kappa shape index (κ3) is 5.59. The molecule has 0 aliphatic heterocycles. The summed E-state index contributed by atoms with van der Waals surface area (Å²) in [6.07, 6.45) is 5.63. The highest BCUT2D eigenvalue weighted by molar-refractivity contribution is 5.95. The van der Waals surface area contributed by atoms with Crippen LogP contribution >= 0.6 is 0 Å². The van der Waals surface area contributed by atoms with E-state index < -0.39 is 6.10 Å². The maximum absolute atomic E-state index is 12.6. The van der Waals surface area contributed by atoms with Crippen LogP contribution < -0.4 is 10.1 Å². The molecule has 0 aromatic heterocycles. The van der Waals surface area contributed by atoms with E-state index in [-0.39, 0.29) is 11.9 Å². The number of amides is 1. The molecule has 29 heavy (non-hydrogen) atoms. The van der Waals surface area contributed by atoms with Gasteiger partial charge in [0.1, 0.15) is 5.75 Å². The number of nitrogens with one attached hydrogen (secondary N) is 1. The third-order valence-electron chi connectivity index (χ3n) is 5.15. The van der Waals surface area contributed by atoms with Crippen LogP contribution in [0.2, 0.25) is 0 Å². The minimum Gasteiger partial charge on any atom is -0.481 e. The lowest BCUT2D eigenvalue weighted by atomic mass is 9.91. The van der Waals surface area contributed by atoms with Gasteiger partial charge in [-0.1, -0.05) is 25.5 Å². The molecule has 0 radical (unpaired) electrons. The molecule has 0 saturated heterocycles. The molecule has 0 spiro atoms. The summed E-state index contributed by atoms with van der Waals surface area (Å²) in [5, 5.41) is 2.84.